The van der Waals surface area contributed by atoms with E-state index in [1.165, 1.54) is 0 Å². The number of rotatable bonds is 6. The molecule has 110 valence electrons. The van der Waals surface area contributed by atoms with Gasteiger partial charge in [-0.25, -0.2) is 4.98 Å². The molecule has 1 heterocycles. The van der Waals surface area contributed by atoms with Gasteiger partial charge < -0.3 is 14.0 Å². The number of methoxy groups -OCH3 is 1. The summed E-state index contributed by atoms with van der Waals surface area (Å²) in [5, 5.41) is 0. The van der Waals surface area contributed by atoms with E-state index in [4.69, 9.17) is 21.1 Å². The van der Waals surface area contributed by atoms with Crippen molar-refractivity contribution in [1.82, 2.24) is 9.55 Å². The van der Waals surface area contributed by atoms with Gasteiger partial charge in [0.05, 0.1) is 30.1 Å². The van der Waals surface area contributed by atoms with Crippen molar-refractivity contribution in [2.75, 3.05) is 13.7 Å². The summed E-state index contributed by atoms with van der Waals surface area (Å²) in [4.78, 5) is 4.64. The van der Waals surface area contributed by atoms with Crippen molar-refractivity contribution in [2.24, 2.45) is 0 Å². The number of aromatic nitrogens is 2. The number of ether oxygens (including phenoxy) is 2. The van der Waals surface area contributed by atoms with Gasteiger partial charge in [-0.2, -0.15) is 0 Å². The Bertz CT molecular complexity index is 581. The number of para-hydroxylation sites is 1. The van der Waals surface area contributed by atoms with Gasteiger partial charge in [-0.15, -0.1) is 11.6 Å². The monoisotopic (exact) mass is 296 g/mol. The van der Waals surface area contributed by atoms with Crippen LogP contribution in [0.15, 0.2) is 18.2 Å². The molecule has 1 aromatic carbocycles. The van der Waals surface area contributed by atoms with Crippen LogP contribution in [0.4, 0.5) is 0 Å². The Morgan fingerprint density at radius 1 is 1.30 bits per heavy atom. The largest absolute Gasteiger partial charge is 0.489 e. The highest BCUT2D eigenvalue weighted by atomic mass is 35.5. The van der Waals surface area contributed by atoms with Crippen LogP contribution in [0.2, 0.25) is 0 Å². The molecule has 0 aliphatic heterocycles. The highest BCUT2D eigenvalue weighted by Crippen LogP contribution is 2.29. The zero-order valence-electron chi connectivity index (χ0n) is 12.4. The molecule has 0 N–H and O–H groups in total. The minimum atomic E-state index is 0.113. The van der Waals surface area contributed by atoms with Gasteiger partial charge in [0.2, 0.25) is 0 Å². The number of benzene rings is 1. The molecule has 1 aromatic heterocycles. The van der Waals surface area contributed by atoms with Crippen LogP contribution in [0.3, 0.4) is 0 Å². The molecule has 5 heteroatoms. The fraction of sp³-hybridized carbons (Fsp3) is 0.533. The second-order valence-electron chi connectivity index (χ2n) is 5.13. The van der Waals surface area contributed by atoms with Gasteiger partial charge in [-0.05, 0) is 32.9 Å². The molecule has 1 atom stereocenters. The highest BCUT2D eigenvalue weighted by molar-refractivity contribution is 6.16. The third-order valence-electron chi connectivity index (χ3n) is 3.09. The van der Waals surface area contributed by atoms with Gasteiger partial charge in [0.1, 0.15) is 17.1 Å². The molecule has 0 spiro atoms. The number of hydrogen-bond acceptors (Lipinski definition) is 3. The van der Waals surface area contributed by atoms with E-state index in [2.05, 4.69) is 16.5 Å². The van der Waals surface area contributed by atoms with Gasteiger partial charge in [-0.1, -0.05) is 6.07 Å². The van der Waals surface area contributed by atoms with E-state index in [0.29, 0.717) is 12.5 Å². The average molecular weight is 297 g/mol. The van der Waals surface area contributed by atoms with E-state index in [-0.39, 0.29) is 12.1 Å². The maximum atomic E-state index is 6.04. The first-order valence-electron chi connectivity index (χ1n) is 6.79. The van der Waals surface area contributed by atoms with Crippen molar-refractivity contribution in [3.63, 3.8) is 0 Å². The molecule has 2 aromatic rings. The average Bonchev–Trinajstić information content (AvgIpc) is 2.78. The maximum absolute atomic E-state index is 6.04. The summed E-state index contributed by atoms with van der Waals surface area (Å²) in [5.41, 5.74) is 1.89. The van der Waals surface area contributed by atoms with E-state index >= 15 is 0 Å². The zero-order valence-corrected chi connectivity index (χ0v) is 13.1. The van der Waals surface area contributed by atoms with Crippen LogP contribution in [0.1, 0.15) is 32.6 Å². The lowest BCUT2D eigenvalue weighted by atomic mass is 10.2. The van der Waals surface area contributed by atoms with Crippen LogP contribution in [-0.4, -0.2) is 29.4 Å². The molecule has 0 saturated heterocycles. The Kier molecular flexibility index (Phi) is 4.89. The molecule has 2 rings (SSSR count). The second kappa shape index (κ2) is 6.46. The second-order valence-corrected chi connectivity index (χ2v) is 5.39. The van der Waals surface area contributed by atoms with Gasteiger partial charge >= 0.3 is 0 Å². The topological polar surface area (TPSA) is 36.3 Å². The first-order chi connectivity index (χ1) is 9.58. The molecule has 20 heavy (non-hydrogen) atoms. The molecule has 0 amide bonds. The Morgan fingerprint density at radius 2 is 2.05 bits per heavy atom. The number of hydrogen-bond donors (Lipinski definition) is 0. The summed E-state index contributed by atoms with van der Waals surface area (Å²) in [6.07, 6.45) is 0.113. The fourth-order valence-electron chi connectivity index (χ4n) is 2.39. The molecule has 4 nitrogen and oxygen atoms in total. The van der Waals surface area contributed by atoms with E-state index in [9.17, 15) is 0 Å². The summed E-state index contributed by atoms with van der Waals surface area (Å²) in [6.45, 7) is 6.72. The van der Waals surface area contributed by atoms with Gasteiger partial charge in [0.15, 0.2) is 0 Å². The van der Waals surface area contributed by atoms with E-state index in [1.54, 1.807) is 7.11 Å². The molecule has 0 aliphatic carbocycles. The minimum Gasteiger partial charge on any atom is -0.489 e. The maximum Gasteiger partial charge on any atom is 0.147 e. The number of halogens is 1. The zero-order chi connectivity index (χ0) is 14.7. The molecule has 0 saturated carbocycles. The first kappa shape index (κ1) is 15.1. The van der Waals surface area contributed by atoms with Crippen LogP contribution < -0.4 is 4.74 Å². The van der Waals surface area contributed by atoms with E-state index < -0.39 is 0 Å². The first-order valence-corrected chi connectivity index (χ1v) is 7.33. The standard InChI is InChI=1S/C15H21ClN2O2/c1-10(2)20-13-7-5-6-12-15(13)17-14(8-16)18(12)11(3)9-19-4/h5-7,10-11H,8-9H2,1-4H3. The third kappa shape index (κ3) is 2.91. The lowest BCUT2D eigenvalue weighted by Crippen LogP contribution is -2.13. The van der Waals surface area contributed by atoms with Crippen molar-refractivity contribution < 1.29 is 9.47 Å². The Labute approximate surface area is 124 Å². The van der Waals surface area contributed by atoms with Gasteiger partial charge in [0.25, 0.3) is 0 Å². The molecule has 0 fully saturated rings. The van der Waals surface area contributed by atoms with E-state index in [0.717, 1.165) is 22.6 Å². The van der Waals surface area contributed by atoms with Gasteiger partial charge in [-0.3, -0.25) is 0 Å². The lowest BCUT2D eigenvalue weighted by molar-refractivity contribution is 0.163. The van der Waals surface area contributed by atoms with Crippen molar-refractivity contribution in [3.8, 4) is 5.75 Å². The van der Waals surface area contributed by atoms with Crippen LogP contribution in [-0.2, 0) is 10.6 Å². The predicted molar refractivity (Wildman–Crippen MR) is 81.6 cm³/mol. The normalized spacial score (nSPS) is 13.1. The molecule has 0 bridgehead atoms. The third-order valence-corrected chi connectivity index (χ3v) is 3.33. The summed E-state index contributed by atoms with van der Waals surface area (Å²) >= 11 is 6.04. The van der Waals surface area contributed by atoms with Crippen molar-refractivity contribution in [2.45, 2.75) is 38.8 Å². The minimum absolute atomic E-state index is 0.113. The number of alkyl halides is 1. The molecular weight excluding hydrogens is 276 g/mol. The molecular formula is C15H21ClN2O2. The van der Waals surface area contributed by atoms with Crippen molar-refractivity contribution >= 4 is 22.6 Å². The van der Waals surface area contributed by atoms with E-state index in [1.807, 2.05) is 32.0 Å². The molecule has 1 unspecified atom stereocenters. The van der Waals surface area contributed by atoms with Crippen molar-refractivity contribution in [3.05, 3.63) is 24.0 Å². The van der Waals surface area contributed by atoms with Crippen LogP contribution >= 0.6 is 11.6 Å². The predicted octanol–water partition coefficient (Wildman–Crippen LogP) is 3.77. The Balaban J connectivity index is 2.56. The number of imidazole rings is 1. The van der Waals surface area contributed by atoms with Crippen LogP contribution in [0, 0.1) is 0 Å². The van der Waals surface area contributed by atoms with Crippen LogP contribution in [0.25, 0.3) is 11.0 Å². The fourth-order valence-corrected chi connectivity index (χ4v) is 2.58. The smallest absolute Gasteiger partial charge is 0.147 e. The Morgan fingerprint density at radius 3 is 2.65 bits per heavy atom. The summed E-state index contributed by atoms with van der Waals surface area (Å²) in [6, 6.07) is 6.14. The summed E-state index contributed by atoms with van der Waals surface area (Å²) in [7, 11) is 1.70. The SMILES string of the molecule is COCC(C)n1c(CCl)nc2c(OC(C)C)cccc21. The van der Waals surface area contributed by atoms with Crippen molar-refractivity contribution in [1.29, 1.82) is 0 Å². The number of fused-ring (bicyclic) bond motifs is 1. The summed E-state index contributed by atoms with van der Waals surface area (Å²) < 4.78 is 13.2. The van der Waals surface area contributed by atoms with Crippen LogP contribution in [0.5, 0.6) is 5.75 Å². The summed E-state index contributed by atoms with van der Waals surface area (Å²) in [5.74, 6) is 2.00. The highest BCUT2D eigenvalue weighted by Gasteiger charge is 2.18. The Hall–Kier alpha value is -1.26. The molecule has 0 radical (unpaired) electrons. The number of nitrogens with zero attached hydrogens (tertiary/aromatic N) is 2. The quantitative estimate of drug-likeness (QED) is 0.761. The van der Waals surface area contributed by atoms with Gasteiger partial charge in [0, 0.05) is 7.11 Å². The lowest BCUT2D eigenvalue weighted by Gasteiger charge is -2.16. The molecule has 0 aliphatic rings.